The third-order valence-electron chi connectivity index (χ3n) is 10.5. The number of anilines is 1. The summed E-state index contributed by atoms with van der Waals surface area (Å²) in [6.45, 7) is 2.29. The SMILES string of the molecule is CC(Nc1c(C2CCCCCCC2)cc(C(c2ccccc2)c2ccccc2)cc1C(c1ccccc1)c1ccccc1)[n+]1ccccc1. The van der Waals surface area contributed by atoms with Crippen LogP contribution in [0.2, 0.25) is 0 Å². The van der Waals surface area contributed by atoms with Gasteiger partial charge < -0.3 is 5.32 Å². The van der Waals surface area contributed by atoms with Crippen LogP contribution in [0, 0.1) is 0 Å². The summed E-state index contributed by atoms with van der Waals surface area (Å²) in [6.07, 6.45) is 13.5. The minimum Gasteiger partial charge on any atom is -0.327 e. The number of aromatic nitrogens is 1. The summed E-state index contributed by atoms with van der Waals surface area (Å²) < 4.78 is 2.29. The minimum atomic E-state index is 0.0670. The normalized spacial score (nSPS) is 14.7. The average Bonchev–Trinajstić information content (AvgIpc) is 3.15. The zero-order chi connectivity index (χ0) is 33.3. The molecule has 7 rings (SSSR count). The van der Waals surface area contributed by atoms with Gasteiger partial charge in [-0.3, -0.25) is 0 Å². The molecule has 1 fully saturated rings. The molecule has 0 amide bonds. The van der Waals surface area contributed by atoms with E-state index in [0.717, 1.165) is 0 Å². The molecule has 0 aliphatic heterocycles. The van der Waals surface area contributed by atoms with Crippen LogP contribution < -0.4 is 9.88 Å². The van der Waals surface area contributed by atoms with Gasteiger partial charge in [-0.05, 0) is 57.7 Å². The summed E-state index contributed by atoms with van der Waals surface area (Å²) in [5, 5.41) is 4.16. The van der Waals surface area contributed by atoms with Crippen molar-refractivity contribution in [1.82, 2.24) is 0 Å². The molecule has 1 unspecified atom stereocenters. The van der Waals surface area contributed by atoms with Crippen LogP contribution >= 0.6 is 0 Å². The Hall–Kier alpha value is -4.95. The molecule has 0 radical (unpaired) electrons. The fraction of sp³-hybridized carbons (Fsp3) is 0.255. The van der Waals surface area contributed by atoms with E-state index < -0.39 is 0 Å². The van der Waals surface area contributed by atoms with E-state index in [9.17, 15) is 0 Å². The average molecular weight is 642 g/mol. The van der Waals surface area contributed by atoms with Crippen molar-refractivity contribution in [2.45, 2.75) is 75.8 Å². The highest BCUT2D eigenvalue weighted by molar-refractivity contribution is 5.67. The van der Waals surface area contributed by atoms with Crippen molar-refractivity contribution in [1.29, 1.82) is 0 Å². The maximum atomic E-state index is 4.16. The standard InChI is InChI=1S/C47H49N2/c1-36(49-32-20-9-21-33-49)48-47-43(37-22-10-3-2-4-11-23-37)34-42(45(38-24-12-5-13-25-38)39-26-14-6-15-27-39)35-44(47)46(40-28-16-7-17-29-40)41-30-18-8-19-31-41/h5-9,12-21,24-37,45-46,48H,2-4,10-11,22-23H2,1H3/q+1. The number of nitrogens with zero attached hydrogens (tertiary/aromatic N) is 1. The highest BCUT2D eigenvalue weighted by Gasteiger charge is 2.30. The van der Waals surface area contributed by atoms with E-state index >= 15 is 0 Å². The third-order valence-corrected chi connectivity index (χ3v) is 10.5. The van der Waals surface area contributed by atoms with Crippen molar-refractivity contribution in [3.63, 3.8) is 0 Å². The molecule has 2 nitrogen and oxygen atoms in total. The van der Waals surface area contributed by atoms with Crippen LogP contribution in [0.25, 0.3) is 0 Å². The summed E-state index contributed by atoms with van der Waals surface area (Å²) in [5.74, 6) is 0.682. The molecular weight excluding hydrogens is 593 g/mol. The Morgan fingerprint density at radius 2 is 0.918 bits per heavy atom. The molecule has 2 heteroatoms. The summed E-state index contributed by atoms with van der Waals surface area (Å²) in [7, 11) is 0. The van der Waals surface area contributed by atoms with Crippen molar-refractivity contribution < 1.29 is 4.57 Å². The Bertz CT molecular complexity index is 1780. The predicted molar refractivity (Wildman–Crippen MR) is 204 cm³/mol. The van der Waals surface area contributed by atoms with E-state index in [0.29, 0.717) is 5.92 Å². The lowest BCUT2D eigenvalue weighted by Gasteiger charge is -2.31. The Labute approximate surface area is 293 Å². The molecule has 6 aromatic rings. The fourth-order valence-corrected chi connectivity index (χ4v) is 8.03. The van der Waals surface area contributed by atoms with Crippen molar-refractivity contribution >= 4 is 5.69 Å². The Morgan fingerprint density at radius 1 is 0.490 bits per heavy atom. The number of pyridine rings is 1. The molecule has 0 spiro atoms. The van der Waals surface area contributed by atoms with Crippen molar-refractivity contribution in [2.24, 2.45) is 0 Å². The first kappa shape index (κ1) is 32.6. The van der Waals surface area contributed by atoms with Crippen LogP contribution in [0.3, 0.4) is 0 Å². The molecule has 1 heterocycles. The van der Waals surface area contributed by atoms with Gasteiger partial charge >= 0.3 is 0 Å². The predicted octanol–water partition coefficient (Wildman–Crippen LogP) is 11.8. The quantitative estimate of drug-likeness (QED) is 0.116. The second-order valence-electron chi connectivity index (χ2n) is 13.8. The lowest BCUT2D eigenvalue weighted by atomic mass is 9.75. The van der Waals surface area contributed by atoms with Gasteiger partial charge in [-0.2, -0.15) is 4.57 Å². The monoisotopic (exact) mass is 641 g/mol. The molecule has 1 aromatic heterocycles. The van der Waals surface area contributed by atoms with Crippen LogP contribution in [0.4, 0.5) is 5.69 Å². The first-order valence-corrected chi connectivity index (χ1v) is 18.4. The summed E-state index contributed by atoms with van der Waals surface area (Å²) in [6, 6.07) is 56.0. The van der Waals surface area contributed by atoms with Crippen LogP contribution in [0.1, 0.15) is 115 Å². The molecule has 1 N–H and O–H groups in total. The number of hydrogen-bond acceptors (Lipinski definition) is 1. The first-order chi connectivity index (χ1) is 24.3. The summed E-state index contributed by atoms with van der Waals surface area (Å²) in [5.41, 5.74) is 10.8. The molecular formula is C47H49N2+. The third kappa shape index (κ3) is 7.70. The van der Waals surface area contributed by atoms with Crippen LogP contribution in [0.15, 0.2) is 164 Å². The van der Waals surface area contributed by atoms with Gasteiger partial charge in [0.1, 0.15) is 0 Å². The first-order valence-electron chi connectivity index (χ1n) is 18.4. The second-order valence-corrected chi connectivity index (χ2v) is 13.8. The van der Waals surface area contributed by atoms with Gasteiger partial charge in [-0.25, -0.2) is 0 Å². The zero-order valence-electron chi connectivity index (χ0n) is 28.8. The minimum absolute atomic E-state index is 0.0670. The fourth-order valence-electron chi connectivity index (χ4n) is 8.03. The smallest absolute Gasteiger partial charge is 0.228 e. The molecule has 1 saturated carbocycles. The van der Waals surface area contributed by atoms with E-state index in [1.807, 2.05) is 0 Å². The highest BCUT2D eigenvalue weighted by Crippen LogP contribution is 2.46. The van der Waals surface area contributed by atoms with E-state index in [1.54, 1.807) is 0 Å². The molecule has 1 aliphatic carbocycles. The molecule has 1 aliphatic rings. The lowest BCUT2D eigenvalue weighted by molar-refractivity contribution is -0.713. The van der Waals surface area contributed by atoms with Gasteiger partial charge in [-0.15, -0.1) is 0 Å². The molecule has 0 bridgehead atoms. The van der Waals surface area contributed by atoms with Crippen LogP contribution in [0.5, 0.6) is 0 Å². The van der Waals surface area contributed by atoms with Gasteiger partial charge in [-0.1, -0.05) is 172 Å². The maximum Gasteiger partial charge on any atom is 0.228 e. The van der Waals surface area contributed by atoms with Crippen molar-refractivity contribution in [3.05, 3.63) is 203 Å². The van der Waals surface area contributed by atoms with Gasteiger partial charge in [0, 0.05) is 36.6 Å². The van der Waals surface area contributed by atoms with E-state index in [2.05, 4.69) is 181 Å². The summed E-state index contributed by atoms with van der Waals surface area (Å²) >= 11 is 0. The number of rotatable bonds is 10. The molecule has 5 aromatic carbocycles. The van der Waals surface area contributed by atoms with Gasteiger partial charge in [0.2, 0.25) is 6.17 Å². The highest BCUT2D eigenvalue weighted by atomic mass is 15.1. The largest absolute Gasteiger partial charge is 0.327 e. The lowest BCUT2D eigenvalue weighted by Crippen LogP contribution is -2.41. The number of benzene rings is 5. The maximum absolute atomic E-state index is 4.16. The van der Waals surface area contributed by atoms with Crippen LogP contribution in [-0.2, 0) is 0 Å². The summed E-state index contributed by atoms with van der Waals surface area (Å²) in [4.78, 5) is 0. The molecule has 0 saturated heterocycles. The molecule has 1 atom stereocenters. The Balaban J connectivity index is 1.52. The molecule has 246 valence electrons. The van der Waals surface area contributed by atoms with Gasteiger partial charge in [0.15, 0.2) is 12.4 Å². The zero-order valence-corrected chi connectivity index (χ0v) is 28.8. The Kier molecular flexibility index (Phi) is 10.6. The molecule has 49 heavy (non-hydrogen) atoms. The van der Waals surface area contributed by atoms with Gasteiger partial charge in [0.25, 0.3) is 0 Å². The topological polar surface area (TPSA) is 15.9 Å². The second kappa shape index (κ2) is 16.0. The number of nitrogens with one attached hydrogen (secondary N) is 1. The van der Waals surface area contributed by atoms with E-state index in [1.165, 1.54) is 89.6 Å². The van der Waals surface area contributed by atoms with Crippen LogP contribution in [-0.4, -0.2) is 0 Å². The number of hydrogen-bond donors (Lipinski definition) is 1. The van der Waals surface area contributed by atoms with E-state index in [4.69, 9.17) is 0 Å². The Morgan fingerprint density at radius 3 is 1.41 bits per heavy atom. The van der Waals surface area contributed by atoms with E-state index in [-0.39, 0.29) is 18.0 Å². The van der Waals surface area contributed by atoms with Crippen molar-refractivity contribution in [3.8, 4) is 0 Å². The van der Waals surface area contributed by atoms with Gasteiger partial charge in [0.05, 0.1) is 0 Å². The van der Waals surface area contributed by atoms with Crippen molar-refractivity contribution in [2.75, 3.05) is 5.32 Å².